The second-order valence-electron chi connectivity index (χ2n) is 17.7. The molecule has 41 heavy (non-hydrogen) atoms. The lowest BCUT2D eigenvalue weighted by Crippen LogP contribution is -2.57. The summed E-state index contributed by atoms with van der Waals surface area (Å²) in [4.78, 5) is 0. The predicted molar refractivity (Wildman–Crippen MR) is 193 cm³/mol. The first-order valence-corrected chi connectivity index (χ1v) is 26.2. The van der Waals surface area contributed by atoms with Crippen LogP contribution in [0.15, 0.2) is 0 Å². The van der Waals surface area contributed by atoms with Crippen molar-refractivity contribution in [3.8, 4) is 0 Å². The van der Waals surface area contributed by atoms with Crippen molar-refractivity contribution in [2.75, 3.05) is 0 Å². The van der Waals surface area contributed by atoms with E-state index in [0.29, 0.717) is 6.10 Å². The van der Waals surface area contributed by atoms with Gasteiger partial charge < -0.3 is 13.3 Å². The highest BCUT2D eigenvalue weighted by molar-refractivity contribution is 6.75. The van der Waals surface area contributed by atoms with E-state index in [0.717, 1.165) is 19.3 Å². The number of unbranched alkanes of at least 4 members (excludes halogenated alkanes) is 7. The van der Waals surface area contributed by atoms with Crippen LogP contribution in [0, 0.1) is 0 Å². The summed E-state index contributed by atoms with van der Waals surface area (Å²) >= 11 is 0. The molecule has 0 fully saturated rings. The number of hydrogen-bond acceptors (Lipinski definition) is 3. The molecule has 3 nitrogen and oxygen atoms in total. The quantitative estimate of drug-likeness (QED) is 0.0761. The van der Waals surface area contributed by atoms with Crippen LogP contribution in [0.4, 0.5) is 0 Å². The van der Waals surface area contributed by atoms with E-state index < -0.39 is 30.7 Å². The molecule has 0 bridgehead atoms. The van der Waals surface area contributed by atoms with Crippen LogP contribution in [-0.2, 0) is 13.3 Å². The smallest absolute Gasteiger partial charge is 0.195 e. The molecule has 6 heteroatoms. The Morgan fingerprint density at radius 3 is 1.22 bits per heavy atom. The Balaban J connectivity index is 5.48. The van der Waals surface area contributed by atoms with Gasteiger partial charge in [-0.3, -0.25) is 0 Å². The Kier molecular flexibility index (Phi) is 16.9. The molecule has 0 aliphatic heterocycles. The van der Waals surface area contributed by atoms with Crippen LogP contribution in [0.2, 0.25) is 54.4 Å². The van der Waals surface area contributed by atoms with Crippen LogP contribution in [-0.4, -0.2) is 36.8 Å². The highest BCUT2D eigenvalue weighted by Gasteiger charge is 2.50. The fourth-order valence-electron chi connectivity index (χ4n) is 4.64. The van der Waals surface area contributed by atoms with Crippen molar-refractivity contribution in [1.82, 2.24) is 0 Å². The molecule has 0 saturated carbocycles. The third-order valence-corrected chi connectivity index (χ3v) is 24.2. The highest BCUT2D eigenvalue weighted by atomic mass is 28.4. The van der Waals surface area contributed by atoms with Crippen molar-refractivity contribution in [3.63, 3.8) is 0 Å². The summed E-state index contributed by atoms with van der Waals surface area (Å²) in [6.45, 7) is 40.3. The van der Waals surface area contributed by atoms with E-state index in [2.05, 4.69) is 115 Å². The van der Waals surface area contributed by atoms with Gasteiger partial charge in [0.25, 0.3) is 0 Å². The summed E-state index contributed by atoms with van der Waals surface area (Å²) in [6, 6.07) is 0. The highest BCUT2D eigenvalue weighted by Crippen LogP contribution is 2.47. The third kappa shape index (κ3) is 14.4. The summed E-state index contributed by atoms with van der Waals surface area (Å²) in [5.74, 6) is -0.440. The van der Waals surface area contributed by atoms with E-state index >= 15 is 0 Å². The molecule has 0 N–H and O–H groups in total. The zero-order chi connectivity index (χ0) is 32.4. The molecule has 1 unspecified atom stereocenters. The maximum absolute atomic E-state index is 7.39. The van der Waals surface area contributed by atoms with Gasteiger partial charge in [-0.05, 0) is 92.9 Å². The number of hydrogen-bond donors (Lipinski definition) is 0. The number of rotatable bonds is 20. The summed E-state index contributed by atoms with van der Waals surface area (Å²) in [5, 5.41) is 0.615. The summed E-state index contributed by atoms with van der Waals surface area (Å²) in [7, 11) is -5.72. The largest absolute Gasteiger partial charge is 0.414 e. The first-order valence-electron chi connectivity index (χ1n) is 17.4. The lowest BCUT2D eigenvalue weighted by atomic mass is 9.99. The molecule has 0 aromatic rings. The molecule has 0 saturated heterocycles. The molecule has 0 aromatic carbocycles. The third-order valence-electron chi connectivity index (χ3n) is 10.7. The van der Waals surface area contributed by atoms with Gasteiger partial charge in [0.15, 0.2) is 25.0 Å². The van der Waals surface area contributed by atoms with Crippen LogP contribution in [0.1, 0.15) is 160 Å². The van der Waals surface area contributed by atoms with Gasteiger partial charge in [0, 0.05) is 6.10 Å². The van der Waals surface area contributed by atoms with Crippen molar-refractivity contribution in [2.24, 2.45) is 0 Å². The fourth-order valence-corrected chi connectivity index (χ4v) is 9.16. The minimum atomic E-state index is -2.01. The van der Waals surface area contributed by atoms with Crippen LogP contribution >= 0.6 is 0 Å². The summed E-state index contributed by atoms with van der Waals surface area (Å²) in [5.41, 5.74) is 0. The second kappa shape index (κ2) is 16.7. The summed E-state index contributed by atoms with van der Waals surface area (Å²) in [6.07, 6.45) is 16.2. The maximum atomic E-state index is 7.39. The van der Waals surface area contributed by atoms with E-state index in [1.54, 1.807) is 0 Å². The van der Waals surface area contributed by atoms with E-state index in [9.17, 15) is 0 Å². The lowest BCUT2D eigenvalue weighted by Gasteiger charge is -2.51. The minimum Gasteiger partial charge on any atom is -0.414 e. The van der Waals surface area contributed by atoms with Gasteiger partial charge >= 0.3 is 0 Å². The van der Waals surface area contributed by atoms with Gasteiger partial charge in [-0.25, -0.2) is 0 Å². The van der Waals surface area contributed by atoms with Gasteiger partial charge in [0.05, 0.1) is 0 Å². The average molecular weight is 631 g/mol. The molecular formula is C35H78O3Si3. The Bertz CT molecular complexity index is 684. The van der Waals surface area contributed by atoms with E-state index in [-0.39, 0.29) is 15.1 Å². The molecule has 0 heterocycles. The molecule has 0 rings (SSSR count). The molecule has 1 atom stereocenters. The van der Waals surface area contributed by atoms with E-state index in [1.165, 1.54) is 64.2 Å². The first kappa shape index (κ1) is 41.5. The van der Waals surface area contributed by atoms with Gasteiger partial charge in [0.1, 0.15) is 5.79 Å². The molecular weight excluding hydrogens is 553 g/mol. The minimum absolute atomic E-state index is 0.167. The molecule has 0 aliphatic carbocycles. The van der Waals surface area contributed by atoms with Crippen molar-refractivity contribution >= 4 is 25.0 Å². The second-order valence-corrected chi connectivity index (χ2v) is 31.9. The maximum Gasteiger partial charge on any atom is 0.195 e. The predicted octanol–water partition coefficient (Wildman–Crippen LogP) is 13.2. The van der Waals surface area contributed by atoms with Crippen LogP contribution in [0.25, 0.3) is 0 Å². The first-order chi connectivity index (χ1) is 18.4. The molecule has 0 spiro atoms. The Hall–Kier alpha value is 0.531. The molecule has 0 aromatic heterocycles. The van der Waals surface area contributed by atoms with Gasteiger partial charge in [-0.2, -0.15) is 0 Å². The topological polar surface area (TPSA) is 27.7 Å². The van der Waals surface area contributed by atoms with Gasteiger partial charge in [-0.1, -0.05) is 121 Å². The standard InChI is InChI=1S/C35H78O3Si3/c1-18-20-21-26-29-35(37-40(14,15)33(6,7)8,38-41(16,17)34(9,10)11)30-27-24-22-23-25-28-31(19-2)36-39(12,13)32(3,4)5/h31H,18-30H2,1-17H3. The van der Waals surface area contributed by atoms with Crippen molar-refractivity contribution in [1.29, 1.82) is 0 Å². The molecule has 0 amide bonds. The van der Waals surface area contributed by atoms with E-state index in [1.807, 2.05) is 0 Å². The lowest BCUT2D eigenvalue weighted by molar-refractivity contribution is -0.146. The van der Waals surface area contributed by atoms with Crippen LogP contribution < -0.4 is 0 Å². The summed E-state index contributed by atoms with van der Waals surface area (Å²) < 4.78 is 21.5. The van der Waals surface area contributed by atoms with Crippen molar-refractivity contribution in [2.45, 2.75) is 226 Å². The van der Waals surface area contributed by atoms with E-state index in [4.69, 9.17) is 13.3 Å². The van der Waals surface area contributed by atoms with Crippen LogP contribution in [0.5, 0.6) is 0 Å². The van der Waals surface area contributed by atoms with Crippen LogP contribution in [0.3, 0.4) is 0 Å². The van der Waals surface area contributed by atoms with Gasteiger partial charge in [-0.15, -0.1) is 0 Å². The fraction of sp³-hybridized carbons (Fsp3) is 1.00. The van der Waals surface area contributed by atoms with Crippen molar-refractivity contribution in [3.05, 3.63) is 0 Å². The molecule has 0 aliphatic rings. The average Bonchev–Trinajstić information content (AvgIpc) is 2.77. The SMILES string of the molecule is CCCCCCC(CCCCCCCC(CC)O[Si](C)(C)C(C)(C)C)(O[Si](C)(C)C(C)(C)C)O[Si](C)(C)C(C)(C)C. The normalized spacial score (nSPS) is 15.4. The monoisotopic (exact) mass is 631 g/mol. The zero-order valence-electron chi connectivity index (χ0n) is 31.5. The Morgan fingerprint density at radius 2 is 0.854 bits per heavy atom. The Labute approximate surface area is 263 Å². The zero-order valence-corrected chi connectivity index (χ0v) is 34.5. The van der Waals surface area contributed by atoms with Crippen molar-refractivity contribution < 1.29 is 13.3 Å². The molecule has 248 valence electrons. The molecule has 0 radical (unpaired) electrons. The van der Waals surface area contributed by atoms with Gasteiger partial charge in [0.2, 0.25) is 0 Å². The Morgan fingerprint density at radius 1 is 0.488 bits per heavy atom.